The second-order valence-corrected chi connectivity index (χ2v) is 9.80. The van der Waals surface area contributed by atoms with E-state index in [0.717, 1.165) is 38.5 Å². The summed E-state index contributed by atoms with van der Waals surface area (Å²) in [6.45, 7) is 5.86. The van der Waals surface area contributed by atoms with Gasteiger partial charge in [-0.1, -0.05) is 87.2 Å². The standard InChI is InChI=1S/C31H32F4/c1-3-4-9-24-16-17-25(29(33)28(24)32)22-12-14-23(15-13-22)27-19-18-26(30(34)31(27)35)21-10-5-7-20(2)8-6-11-21/h3,12-21H,1,4-11H2,2H3. The van der Waals surface area contributed by atoms with Gasteiger partial charge in [0, 0.05) is 11.1 Å². The molecule has 4 rings (SSSR count). The predicted molar refractivity (Wildman–Crippen MR) is 135 cm³/mol. The van der Waals surface area contributed by atoms with Crippen LogP contribution in [0.15, 0.2) is 61.2 Å². The molecule has 3 aromatic carbocycles. The minimum atomic E-state index is -0.908. The molecule has 0 radical (unpaired) electrons. The highest BCUT2D eigenvalue weighted by atomic mass is 19.2. The lowest BCUT2D eigenvalue weighted by atomic mass is 9.82. The Labute approximate surface area is 205 Å². The molecule has 0 bridgehead atoms. The zero-order valence-corrected chi connectivity index (χ0v) is 20.2. The van der Waals surface area contributed by atoms with E-state index >= 15 is 8.78 Å². The zero-order valence-electron chi connectivity index (χ0n) is 20.2. The Balaban J connectivity index is 1.57. The van der Waals surface area contributed by atoms with Crippen molar-refractivity contribution in [3.63, 3.8) is 0 Å². The first-order valence-electron chi connectivity index (χ1n) is 12.6. The van der Waals surface area contributed by atoms with Crippen LogP contribution in [0.3, 0.4) is 0 Å². The number of hydrogen-bond donors (Lipinski definition) is 0. The molecule has 1 aliphatic rings. The van der Waals surface area contributed by atoms with E-state index in [1.165, 1.54) is 0 Å². The summed E-state index contributed by atoms with van der Waals surface area (Å²) in [5, 5.41) is 0. The summed E-state index contributed by atoms with van der Waals surface area (Å²) in [4.78, 5) is 0. The minimum Gasteiger partial charge on any atom is -0.203 e. The lowest BCUT2D eigenvalue weighted by Crippen LogP contribution is -2.09. The molecule has 0 unspecified atom stereocenters. The molecule has 0 saturated heterocycles. The van der Waals surface area contributed by atoms with Crippen LogP contribution in [-0.2, 0) is 6.42 Å². The van der Waals surface area contributed by atoms with E-state index < -0.39 is 23.3 Å². The number of halogens is 4. The molecule has 4 heteroatoms. The molecular weight excluding hydrogens is 448 g/mol. The van der Waals surface area contributed by atoms with Crippen molar-refractivity contribution in [3.8, 4) is 22.3 Å². The van der Waals surface area contributed by atoms with E-state index in [1.54, 1.807) is 54.6 Å². The molecule has 1 aliphatic carbocycles. The summed E-state index contributed by atoms with van der Waals surface area (Å²) in [5.41, 5.74) is 2.04. The molecule has 3 aromatic rings. The summed E-state index contributed by atoms with van der Waals surface area (Å²) >= 11 is 0. The van der Waals surface area contributed by atoms with Gasteiger partial charge in [-0.3, -0.25) is 0 Å². The van der Waals surface area contributed by atoms with Gasteiger partial charge in [0.2, 0.25) is 0 Å². The molecule has 0 spiro atoms. The van der Waals surface area contributed by atoms with Crippen LogP contribution in [0.25, 0.3) is 22.3 Å². The number of allylic oxidation sites excluding steroid dienone is 1. The van der Waals surface area contributed by atoms with Crippen molar-refractivity contribution in [3.05, 3.63) is 95.6 Å². The average molecular weight is 481 g/mol. The fourth-order valence-electron chi connectivity index (χ4n) is 5.22. The van der Waals surface area contributed by atoms with Crippen LogP contribution in [0.1, 0.15) is 68.9 Å². The first-order chi connectivity index (χ1) is 16.9. The van der Waals surface area contributed by atoms with Crippen LogP contribution in [0.2, 0.25) is 0 Å². The maximum absolute atomic E-state index is 15.1. The van der Waals surface area contributed by atoms with E-state index in [0.29, 0.717) is 41.0 Å². The molecule has 0 nitrogen and oxygen atoms in total. The fraction of sp³-hybridized carbons (Fsp3) is 0.355. The van der Waals surface area contributed by atoms with Crippen molar-refractivity contribution in [1.82, 2.24) is 0 Å². The molecule has 0 atom stereocenters. The Bertz CT molecular complexity index is 1170. The molecule has 0 aliphatic heterocycles. The number of benzene rings is 3. The van der Waals surface area contributed by atoms with Crippen LogP contribution in [0, 0.1) is 29.2 Å². The van der Waals surface area contributed by atoms with E-state index in [9.17, 15) is 8.78 Å². The monoisotopic (exact) mass is 480 g/mol. The summed E-state index contributed by atoms with van der Waals surface area (Å²) in [7, 11) is 0. The summed E-state index contributed by atoms with van der Waals surface area (Å²) < 4.78 is 59.5. The summed E-state index contributed by atoms with van der Waals surface area (Å²) in [6, 6.07) is 12.9. The van der Waals surface area contributed by atoms with E-state index in [1.807, 2.05) is 0 Å². The Morgan fingerprint density at radius 3 is 1.83 bits per heavy atom. The molecule has 1 saturated carbocycles. The average Bonchev–Trinajstić information content (AvgIpc) is 2.84. The van der Waals surface area contributed by atoms with Gasteiger partial charge in [-0.2, -0.15) is 0 Å². The quantitative estimate of drug-likeness (QED) is 0.243. The van der Waals surface area contributed by atoms with Crippen molar-refractivity contribution in [2.24, 2.45) is 5.92 Å². The Hall–Kier alpha value is -2.88. The number of rotatable bonds is 6. The second-order valence-electron chi connectivity index (χ2n) is 9.80. The van der Waals surface area contributed by atoms with Crippen LogP contribution in [0.5, 0.6) is 0 Å². The van der Waals surface area contributed by atoms with Crippen LogP contribution >= 0.6 is 0 Å². The summed E-state index contributed by atoms with van der Waals surface area (Å²) in [6.07, 6.45) is 8.69. The van der Waals surface area contributed by atoms with Crippen LogP contribution in [-0.4, -0.2) is 0 Å². The molecular formula is C31H32F4. The molecule has 1 fully saturated rings. The fourth-order valence-corrected chi connectivity index (χ4v) is 5.22. The SMILES string of the molecule is C=CCCc1ccc(-c2ccc(-c3ccc(C4CCCC(C)CCC4)c(F)c3F)cc2)c(F)c1F. The highest BCUT2D eigenvalue weighted by Crippen LogP contribution is 2.37. The van der Waals surface area contributed by atoms with Gasteiger partial charge in [-0.15, -0.1) is 6.58 Å². The van der Waals surface area contributed by atoms with Crippen molar-refractivity contribution < 1.29 is 17.6 Å². The van der Waals surface area contributed by atoms with Crippen molar-refractivity contribution in [1.29, 1.82) is 0 Å². The van der Waals surface area contributed by atoms with Gasteiger partial charge in [0.05, 0.1) is 0 Å². The van der Waals surface area contributed by atoms with Crippen molar-refractivity contribution >= 4 is 0 Å². The van der Waals surface area contributed by atoms with E-state index in [-0.39, 0.29) is 17.0 Å². The number of aryl methyl sites for hydroxylation is 1. The third-order valence-corrected chi connectivity index (χ3v) is 7.34. The second kappa shape index (κ2) is 11.2. The van der Waals surface area contributed by atoms with Crippen LogP contribution in [0.4, 0.5) is 17.6 Å². The van der Waals surface area contributed by atoms with E-state index in [4.69, 9.17) is 0 Å². The normalized spacial score (nSPS) is 18.7. The predicted octanol–water partition coefficient (Wildman–Crippen LogP) is 9.77. The topological polar surface area (TPSA) is 0 Å². The lowest BCUT2D eigenvalue weighted by molar-refractivity contribution is 0.370. The third-order valence-electron chi connectivity index (χ3n) is 7.34. The maximum atomic E-state index is 15.1. The Morgan fingerprint density at radius 2 is 1.26 bits per heavy atom. The number of hydrogen-bond acceptors (Lipinski definition) is 0. The Morgan fingerprint density at radius 1 is 0.714 bits per heavy atom. The maximum Gasteiger partial charge on any atom is 0.166 e. The molecule has 0 amide bonds. The van der Waals surface area contributed by atoms with Crippen molar-refractivity contribution in [2.75, 3.05) is 0 Å². The molecule has 35 heavy (non-hydrogen) atoms. The van der Waals surface area contributed by atoms with Crippen molar-refractivity contribution in [2.45, 2.75) is 64.2 Å². The Kier molecular flexibility index (Phi) is 8.10. The van der Waals surface area contributed by atoms with Gasteiger partial charge in [0.25, 0.3) is 0 Å². The first-order valence-corrected chi connectivity index (χ1v) is 12.6. The molecule has 0 N–H and O–H groups in total. The third kappa shape index (κ3) is 5.52. The highest BCUT2D eigenvalue weighted by molar-refractivity contribution is 5.71. The molecule has 184 valence electrons. The van der Waals surface area contributed by atoms with Gasteiger partial charge in [0.15, 0.2) is 23.3 Å². The lowest BCUT2D eigenvalue weighted by Gasteiger charge is -2.23. The first kappa shape index (κ1) is 25.2. The van der Waals surface area contributed by atoms with Crippen LogP contribution < -0.4 is 0 Å². The van der Waals surface area contributed by atoms with Gasteiger partial charge in [-0.25, -0.2) is 17.6 Å². The smallest absolute Gasteiger partial charge is 0.166 e. The van der Waals surface area contributed by atoms with Gasteiger partial charge >= 0.3 is 0 Å². The summed E-state index contributed by atoms with van der Waals surface area (Å²) in [5.74, 6) is -2.65. The molecule has 0 aromatic heterocycles. The highest BCUT2D eigenvalue weighted by Gasteiger charge is 2.23. The van der Waals surface area contributed by atoms with Gasteiger partial charge < -0.3 is 0 Å². The van der Waals surface area contributed by atoms with Gasteiger partial charge in [-0.05, 0) is 59.8 Å². The van der Waals surface area contributed by atoms with Gasteiger partial charge in [0.1, 0.15) is 0 Å². The zero-order chi connectivity index (χ0) is 24.9. The minimum absolute atomic E-state index is 0.0424. The largest absolute Gasteiger partial charge is 0.203 e. The van der Waals surface area contributed by atoms with E-state index in [2.05, 4.69) is 13.5 Å². The molecule has 0 heterocycles.